The van der Waals surface area contributed by atoms with Crippen molar-refractivity contribution in [1.29, 1.82) is 0 Å². The Morgan fingerprint density at radius 2 is 1.78 bits per heavy atom. The highest BCUT2D eigenvalue weighted by molar-refractivity contribution is 5.85. The van der Waals surface area contributed by atoms with Crippen LogP contribution in [-0.4, -0.2) is 27.9 Å². The van der Waals surface area contributed by atoms with E-state index in [1.165, 1.54) is 0 Å². The number of aromatic nitrogens is 2. The van der Waals surface area contributed by atoms with Gasteiger partial charge in [0, 0.05) is 18.1 Å². The molecule has 1 aromatic heterocycles. The molecule has 0 saturated carbocycles. The van der Waals surface area contributed by atoms with E-state index in [4.69, 9.17) is 0 Å². The molecular weight excluding hydrogens is 340 g/mol. The van der Waals surface area contributed by atoms with Gasteiger partial charge in [0.15, 0.2) is 0 Å². The van der Waals surface area contributed by atoms with Crippen molar-refractivity contribution in [1.82, 2.24) is 20.2 Å². The van der Waals surface area contributed by atoms with Crippen molar-refractivity contribution in [3.8, 4) is 5.69 Å². The lowest BCUT2D eigenvalue weighted by Gasteiger charge is -2.15. The second kappa shape index (κ2) is 8.80. The molecule has 0 aliphatic carbocycles. The third-order valence-electron chi connectivity index (χ3n) is 4.23. The van der Waals surface area contributed by atoms with Crippen molar-refractivity contribution in [2.45, 2.75) is 19.4 Å². The molecule has 2 amide bonds. The van der Waals surface area contributed by atoms with Gasteiger partial charge in [-0.05, 0) is 30.2 Å². The van der Waals surface area contributed by atoms with Gasteiger partial charge in [0.1, 0.15) is 0 Å². The largest absolute Gasteiger partial charge is 0.348 e. The van der Waals surface area contributed by atoms with Gasteiger partial charge in [-0.25, -0.2) is 4.98 Å². The van der Waals surface area contributed by atoms with Crippen molar-refractivity contribution in [2.75, 3.05) is 6.54 Å². The Morgan fingerprint density at radius 3 is 2.44 bits per heavy atom. The van der Waals surface area contributed by atoms with Crippen molar-refractivity contribution in [3.05, 3.63) is 84.4 Å². The van der Waals surface area contributed by atoms with Crippen molar-refractivity contribution >= 4 is 11.8 Å². The van der Waals surface area contributed by atoms with E-state index in [0.717, 1.165) is 16.8 Å². The lowest BCUT2D eigenvalue weighted by molar-refractivity contribution is -0.126. The normalized spacial score (nSPS) is 11.6. The molecule has 1 atom stereocenters. The fourth-order valence-corrected chi connectivity index (χ4v) is 2.75. The van der Waals surface area contributed by atoms with E-state index >= 15 is 0 Å². The molecule has 2 aromatic carbocycles. The molecule has 27 heavy (non-hydrogen) atoms. The monoisotopic (exact) mass is 362 g/mol. The summed E-state index contributed by atoms with van der Waals surface area (Å²) in [7, 11) is 0. The zero-order valence-corrected chi connectivity index (χ0v) is 15.1. The summed E-state index contributed by atoms with van der Waals surface area (Å²) in [6.07, 6.45) is 5.60. The van der Waals surface area contributed by atoms with Crippen molar-refractivity contribution in [2.24, 2.45) is 0 Å². The van der Waals surface area contributed by atoms with E-state index in [0.29, 0.717) is 0 Å². The smallest absolute Gasteiger partial charge is 0.239 e. The maximum atomic E-state index is 12.1. The van der Waals surface area contributed by atoms with Gasteiger partial charge in [-0.1, -0.05) is 42.5 Å². The molecule has 0 radical (unpaired) electrons. The highest BCUT2D eigenvalue weighted by atomic mass is 16.2. The number of rotatable bonds is 7. The number of hydrogen-bond donors (Lipinski definition) is 2. The zero-order chi connectivity index (χ0) is 19.1. The predicted octanol–water partition coefficient (Wildman–Crippen LogP) is 2.41. The van der Waals surface area contributed by atoms with Crippen LogP contribution in [0.15, 0.2) is 73.3 Å². The van der Waals surface area contributed by atoms with Crippen LogP contribution in [0.5, 0.6) is 0 Å². The molecule has 0 aliphatic heterocycles. The molecule has 3 rings (SSSR count). The molecule has 0 spiro atoms. The van der Waals surface area contributed by atoms with Gasteiger partial charge in [-0.15, -0.1) is 0 Å². The molecule has 6 nitrogen and oxygen atoms in total. The van der Waals surface area contributed by atoms with Crippen LogP contribution in [0.2, 0.25) is 0 Å². The first kappa shape index (κ1) is 18.4. The van der Waals surface area contributed by atoms with Gasteiger partial charge in [-0.2, -0.15) is 0 Å². The Bertz CT molecular complexity index is 874. The number of amides is 2. The number of nitrogens with zero attached hydrogens (tertiary/aromatic N) is 2. The lowest BCUT2D eigenvalue weighted by atomic mass is 10.1. The summed E-state index contributed by atoms with van der Waals surface area (Å²) in [5.74, 6) is -0.392. The Labute approximate surface area is 158 Å². The molecule has 3 aromatic rings. The van der Waals surface area contributed by atoms with Gasteiger partial charge in [-0.3, -0.25) is 9.59 Å². The summed E-state index contributed by atoms with van der Waals surface area (Å²) in [6, 6.07) is 17.2. The SMILES string of the molecule is C[C@@H](NC(=O)CNC(=O)Cc1ccccc1)c1ccc(-n2ccnc2)cc1. The van der Waals surface area contributed by atoms with Gasteiger partial charge in [0.05, 0.1) is 25.3 Å². The van der Waals surface area contributed by atoms with E-state index in [-0.39, 0.29) is 30.8 Å². The molecule has 0 bridgehead atoms. The summed E-state index contributed by atoms with van der Waals surface area (Å²) in [5.41, 5.74) is 2.91. The average molecular weight is 362 g/mol. The minimum atomic E-state index is -0.220. The second-order valence-corrected chi connectivity index (χ2v) is 6.29. The van der Waals surface area contributed by atoms with Crippen LogP contribution >= 0.6 is 0 Å². The maximum Gasteiger partial charge on any atom is 0.239 e. The van der Waals surface area contributed by atoms with Gasteiger partial charge in [0.2, 0.25) is 11.8 Å². The average Bonchev–Trinajstić information content (AvgIpc) is 3.22. The Hall–Kier alpha value is -3.41. The number of imidazole rings is 1. The zero-order valence-electron chi connectivity index (χ0n) is 15.1. The summed E-state index contributed by atoms with van der Waals surface area (Å²) in [6.45, 7) is 1.87. The van der Waals surface area contributed by atoms with E-state index in [1.54, 1.807) is 12.5 Å². The van der Waals surface area contributed by atoms with Gasteiger partial charge < -0.3 is 15.2 Å². The third kappa shape index (κ3) is 5.28. The first-order chi connectivity index (χ1) is 13.1. The molecule has 0 aliphatic rings. The fraction of sp³-hybridized carbons (Fsp3) is 0.190. The second-order valence-electron chi connectivity index (χ2n) is 6.29. The number of carbonyl (C=O) groups excluding carboxylic acids is 2. The number of benzene rings is 2. The van der Waals surface area contributed by atoms with Gasteiger partial charge >= 0.3 is 0 Å². The minimum Gasteiger partial charge on any atom is -0.348 e. The third-order valence-corrected chi connectivity index (χ3v) is 4.23. The number of hydrogen-bond acceptors (Lipinski definition) is 3. The summed E-state index contributed by atoms with van der Waals surface area (Å²) >= 11 is 0. The number of carbonyl (C=O) groups is 2. The molecule has 138 valence electrons. The van der Waals surface area contributed by atoms with Crippen LogP contribution in [0.1, 0.15) is 24.1 Å². The first-order valence-electron chi connectivity index (χ1n) is 8.80. The standard InChI is InChI=1S/C21H22N4O2/c1-16(18-7-9-19(10-8-18)25-12-11-22-15-25)24-21(27)14-23-20(26)13-17-5-3-2-4-6-17/h2-12,15-16H,13-14H2,1H3,(H,23,26)(H,24,27)/t16-/m1/s1. The van der Waals surface area contributed by atoms with Crippen LogP contribution in [0.3, 0.4) is 0 Å². The van der Waals surface area contributed by atoms with Crippen LogP contribution in [0, 0.1) is 0 Å². The Kier molecular flexibility index (Phi) is 5.99. The molecule has 2 N–H and O–H groups in total. The van der Waals surface area contributed by atoms with Crippen LogP contribution in [0.25, 0.3) is 5.69 Å². The molecule has 0 unspecified atom stereocenters. The minimum absolute atomic E-state index is 0.0386. The maximum absolute atomic E-state index is 12.1. The first-order valence-corrected chi connectivity index (χ1v) is 8.80. The van der Waals surface area contributed by atoms with E-state index in [1.807, 2.05) is 72.3 Å². The molecule has 0 fully saturated rings. The van der Waals surface area contributed by atoms with Crippen LogP contribution in [0.4, 0.5) is 0 Å². The lowest BCUT2D eigenvalue weighted by Crippen LogP contribution is -2.38. The van der Waals surface area contributed by atoms with Crippen molar-refractivity contribution in [3.63, 3.8) is 0 Å². The predicted molar refractivity (Wildman–Crippen MR) is 103 cm³/mol. The molecule has 6 heteroatoms. The summed E-state index contributed by atoms with van der Waals surface area (Å²) in [5, 5.41) is 5.55. The van der Waals surface area contributed by atoms with Gasteiger partial charge in [0.25, 0.3) is 0 Å². The summed E-state index contributed by atoms with van der Waals surface area (Å²) < 4.78 is 1.91. The van der Waals surface area contributed by atoms with Crippen LogP contribution < -0.4 is 10.6 Å². The topological polar surface area (TPSA) is 76.0 Å². The summed E-state index contributed by atoms with van der Waals surface area (Å²) in [4.78, 5) is 28.1. The molecule has 1 heterocycles. The highest BCUT2D eigenvalue weighted by Gasteiger charge is 2.11. The highest BCUT2D eigenvalue weighted by Crippen LogP contribution is 2.15. The molecular formula is C21H22N4O2. The fourth-order valence-electron chi connectivity index (χ4n) is 2.75. The van der Waals surface area contributed by atoms with Crippen LogP contribution in [-0.2, 0) is 16.0 Å². The van der Waals surface area contributed by atoms with Crippen molar-refractivity contribution < 1.29 is 9.59 Å². The van der Waals surface area contributed by atoms with E-state index in [2.05, 4.69) is 15.6 Å². The van der Waals surface area contributed by atoms with E-state index < -0.39 is 0 Å². The number of nitrogens with one attached hydrogen (secondary N) is 2. The Morgan fingerprint density at radius 1 is 1.04 bits per heavy atom. The quantitative estimate of drug-likeness (QED) is 0.678. The van der Waals surface area contributed by atoms with E-state index in [9.17, 15) is 9.59 Å². The molecule has 0 saturated heterocycles. The Balaban J connectivity index is 1.46.